The third-order valence-electron chi connectivity index (χ3n) is 2.42. The van der Waals surface area contributed by atoms with Crippen LogP contribution in [0.4, 0.5) is 0 Å². The normalized spacial score (nSPS) is 16.9. The minimum atomic E-state index is -0.489. The summed E-state index contributed by atoms with van der Waals surface area (Å²) in [6.45, 7) is 5.50. The van der Waals surface area contributed by atoms with Gasteiger partial charge in [0.2, 0.25) is 0 Å². The highest BCUT2D eigenvalue weighted by Gasteiger charge is 2.15. The first-order valence-electron chi connectivity index (χ1n) is 5.24. The van der Waals surface area contributed by atoms with Gasteiger partial charge < -0.3 is 10.2 Å². The monoisotopic (exact) mass is 304 g/mol. The van der Waals surface area contributed by atoms with Crippen molar-refractivity contribution < 1.29 is 10.2 Å². The number of thioether (sulfide) groups is 1. The average molecular weight is 305 g/mol. The Bertz CT molecular complexity index is 353. The minimum absolute atomic E-state index is 0.104. The fraction of sp³-hybridized carbons (Fsp3) is 0.500. The molecule has 0 aliphatic carbocycles. The summed E-state index contributed by atoms with van der Waals surface area (Å²) in [5, 5.41) is 19.2. The first-order chi connectivity index (χ1) is 7.41. The maximum Gasteiger partial charge on any atom is 0.0772 e. The van der Waals surface area contributed by atoms with E-state index in [9.17, 15) is 10.2 Å². The Hall–Kier alpha value is -0.0300. The van der Waals surface area contributed by atoms with Crippen molar-refractivity contribution in [3.8, 4) is 0 Å². The van der Waals surface area contributed by atoms with Crippen LogP contribution in [-0.2, 0) is 0 Å². The molecule has 0 saturated carbocycles. The van der Waals surface area contributed by atoms with E-state index in [2.05, 4.69) is 15.9 Å². The molecule has 0 aliphatic rings. The molecule has 90 valence electrons. The van der Waals surface area contributed by atoms with Crippen molar-refractivity contribution >= 4 is 27.7 Å². The Morgan fingerprint density at radius 1 is 1.19 bits per heavy atom. The van der Waals surface area contributed by atoms with E-state index in [1.807, 2.05) is 25.1 Å². The van der Waals surface area contributed by atoms with Crippen molar-refractivity contribution in [3.63, 3.8) is 0 Å². The van der Waals surface area contributed by atoms with Gasteiger partial charge in [-0.3, -0.25) is 0 Å². The summed E-state index contributed by atoms with van der Waals surface area (Å²) in [5.74, 6) is 0. The quantitative estimate of drug-likeness (QED) is 0.838. The second-order valence-corrected chi connectivity index (χ2v) is 6.26. The molecular formula is C12H17BrO2S. The van der Waals surface area contributed by atoms with E-state index < -0.39 is 6.10 Å². The van der Waals surface area contributed by atoms with Gasteiger partial charge in [0.1, 0.15) is 0 Å². The molecule has 2 nitrogen and oxygen atoms in total. The summed E-state index contributed by atoms with van der Waals surface area (Å²) in [6.07, 6.45) is -0.859. The van der Waals surface area contributed by atoms with Crippen LogP contribution in [0.2, 0.25) is 0 Å². The lowest BCUT2D eigenvalue weighted by atomic mass is 10.1. The number of rotatable bonds is 4. The van der Waals surface area contributed by atoms with Crippen LogP contribution in [-0.4, -0.2) is 21.6 Å². The van der Waals surface area contributed by atoms with Crippen molar-refractivity contribution in [2.75, 3.05) is 0 Å². The van der Waals surface area contributed by atoms with E-state index in [4.69, 9.17) is 0 Å². The van der Waals surface area contributed by atoms with Crippen molar-refractivity contribution in [1.82, 2.24) is 0 Å². The molecular weight excluding hydrogens is 288 g/mol. The van der Waals surface area contributed by atoms with Gasteiger partial charge in [-0.2, -0.15) is 0 Å². The first kappa shape index (κ1) is 14.0. The standard InChI is InChI=1S/C12H17BrO2S/c1-7(14)9(3)16-12-6-10(13)4-5-11(12)8(2)15/h4-9,14-15H,1-3H3. The van der Waals surface area contributed by atoms with Crippen LogP contribution in [0.15, 0.2) is 27.6 Å². The smallest absolute Gasteiger partial charge is 0.0772 e. The summed E-state index contributed by atoms with van der Waals surface area (Å²) in [6, 6.07) is 5.80. The Kier molecular flexibility index (Phi) is 5.31. The molecule has 1 aromatic rings. The van der Waals surface area contributed by atoms with Gasteiger partial charge in [0, 0.05) is 14.6 Å². The highest BCUT2D eigenvalue weighted by atomic mass is 79.9. The number of hydrogen-bond acceptors (Lipinski definition) is 3. The van der Waals surface area contributed by atoms with Gasteiger partial charge in [-0.05, 0) is 31.5 Å². The second-order valence-electron chi connectivity index (χ2n) is 3.92. The van der Waals surface area contributed by atoms with Crippen LogP contribution in [0.3, 0.4) is 0 Å². The Balaban J connectivity index is 2.96. The summed E-state index contributed by atoms with van der Waals surface area (Å²) in [4.78, 5) is 1.01. The number of aliphatic hydroxyl groups is 2. The zero-order chi connectivity index (χ0) is 12.3. The zero-order valence-electron chi connectivity index (χ0n) is 9.64. The average Bonchev–Trinajstić information content (AvgIpc) is 2.16. The Morgan fingerprint density at radius 2 is 1.81 bits per heavy atom. The van der Waals surface area contributed by atoms with Crippen molar-refractivity contribution in [3.05, 3.63) is 28.2 Å². The number of benzene rings is 1. The Morgan fingerprint density at radius 3 is 2.31 bits per heavy atom. The lowest BCUT2D eigenvalue weighted by molar-refractivity contribution is 0.193. The van der Waals surface area contributed by atoms with Gasteiger partial charge in [-0.15, -0.1) is 11.8 Å². The summed E-state index contributed by atoms with van der Waals surface area (Å²) < 4.78 is 0.984. The maximum absolute atomic E-state index is 9.66. The third-order valence-corrected chi connectivity index (χ3v) is 4.28. The molecule has 0 radical (unpaired) electrons. The predicted molar refractivity (Wildman–Crippen MR) is 71.8 cm³/mol. The molecule has 0 amide bonds. The van der Waals surface area contributed by atoms with E-state index in [1.54, 1.807) is 25.6 Å². The topological polar surface area (TPSA) is 40.5 Å². The van der Waals surface area contributed by atoms with Crippen LogP contribution in [0.1, 0.15) is 32.4 Å². The zero-order valence-corrected chi connectivity index (χ0v) is 12.0. The van der Waals surface area contributed by atoms with Gasteiger partial charge in [0.05, 0.1) is 12.2 Å². The van der Waals surface area contributed by atoms with Crippen LogP contribution in [0, 0.1) is 0 Å². The summed E-state index contributed by atoms with van der Waals surface area (Å²) in [5.41, 5.74) is 0.903. The fourth-order valence-corrected chi connectivity index (χ4v) is 2.93. The highest BCUT2D eigenvalue weighted by molar-refractivity contribution is 9.10. The summed E-state index contributed by atoms with van der Waals surface area (Å²) in [7, 11) is 0. The van der Waals surface area contributed by atoms with E-state index in [-0.39, 0.29) is 11.4 Å². The van der Waals surface area contributed by atoms with Crippen LogP contribution in [0.25, 0.3) is 0 Å². The van der Waals surface area contributed by atoms with E-state index in [0.29, 0.717) is 0 Å². The molecule has 0 aromatic heterocycles. The van der Waals surface area contributed by atoms with E-state index >= 15 is 0 Å². The molecule has 1 aromatic carbocycles. The first-order valence-corrected chi connectivity index (χ1v) is 6.91. The van der Waals surface area contributed by atoms with E-state index in [0.717, 1.165) is 14.9 Å². The molecule has 1 rings (SSSR count). The lowest BCUT2D eigenvalue weighted by Gasteiger charge is -2.18. The molecule has 2 N–H and O–H groups in total. The third kappa shape index (κ3) is 3.77. The molecule has 3 unspecified atom stereocenters. The van der Waals surface area contributed by atoms with Crippen LogP contribution < -0.4 is 0 Å². The largest absolute Gasteiger partial charge is 0.392 e. The molecule has 0 heterocycles. The summed E-state index contributed by atoms with van der Waals surface area (Å²) >= 11 is 5.00. The van der Waals surface area contributed by atoms with Gasteiger partial charge in [0.25, 0.3) is 0 Å². The van der Waals surface area contributed by atoms with Crippen molar-refractivity contribution in [1.29, 1.82) is 0 Å². The highest BCUT2D eigenvalue weighted by Crippen LogP contribution is 2.33. The van der Waals surface area contributed by atoms with Gasteiger partial charge >= 0.3 is 0 Å². The van der Waals surface area contributed by atoms with Crippen LogP contribution >= 0.6 is 27.7 Å². The predicted octanol–water partition coefficient (Wildman–Crippen LogP) is 3.36. The molecule has 0 saturated heterocycles. The van der Waals surface area contributed by atoms with Gasteiger partial charge in [-0.1, -0.05) is 28.9 Å². The SMILES string of the molecule is CC(O)c1ccc(Br)cc1SC(C)C(C)O. The molecule has 0 bridgehead atoms. The molecule has 0 aliphatic heterocycles. The molecule has 4 heteroatoms. The number of aliphatic hydroxyl groups excluding tert-OH is 2. The number of hydrogen-bond donors (Lipinski definition) is 2. The molecule has 16 heavy (non-hydrogen) atoms. The Labute approximate surface area is 109 Å². The van der Waals surface area contributed by atoms with Crippen LogP contribution in [0.5, 0.6) is 0 Å². The molecule has 3 atom stereocenters. The molecule has 0 spiro atoms. The lowest BCUT2D eigenvalue weighted by Crippen LogP contribution is -2.15. The number of halogens is 1. The minimum Gasteiger partial charge on any atom is -0.392 e. The van der Waals surface area contributed by atoms with Gasteiger partial charge in [0.15, 0.2) is 0 Å². The molecule has 0 fully saturated rings. The fourth-order valence-electron chi connectivity index (χ4n) is 1.25. The van der Waals surface area contributed by atoms with Gasteiger partial charge in [-0.25, -0.2) is 0 Å². The maximum atomic E-state index is 9.66. The van der Waals surface area contributed by atoms with E-state index in [1.165, 1.54) is 0 Å². The van der Waals surface area contributed by atoms with Crippen molar-refractivity contribution in [2.24, 2.45) is 0 Å². The van der Waals surface area contributed by atoms with Crippen molar-refractivity contribution in [2.45, 2.75) is 43.1 Å². The second kappa shape index (κ2) is 6.05.